The van der Waals surface area contributed by atoms with Crippen molar-refractivity contribution >= 4 is 11.0 Å². The lowest BCUT2D eigenvalue weighted by Gasteiger charge is -2.39. The van der Waals surface area contributed by atoms with Crippen LogP contribution < -0.4 is 14.9 Å². The lowest BCUT2D eigenvalue weighted by atomic mass is 9.99. The minimum Gasteiger partial charge on any atom is -0.497 e. The molecule has 2 aromatic carbocycles. The molecule has 0 bridgehead atoms. The highest BCUT2D eigenvalue weighted by Crippen LogP contribution is 2.27. The molecule has 3 aromatic rings. The average Bonchev–Trinajstić information content (AvgIpc) is 2.80. The first kappa shape index (κ1) is 21.3. The number of methoxy groups -OCH3 is 1. The molecular weight excluding hydrogens is 408 g/mol. The summed E-state index contributed by atoms with van der Waals surface area (Å²) in [7, 11) is 1.53. The molecule has 5 atom stereocenters. The third-order valence-electron chi connectivity index (χ3n) is 5.25. The lowest BCUT2D eigenvalue weighted by molar-refractivity contribution is -0.277. The van der Waals surface area contributed by atoms with E-state index in [0.29, 0.717) is 33.6 Å². The zero-order chi connectivity index (χ0) is 22.1. The van der Waals surface area contributed by atoms with E-state index in [9.17, 15) is 25.2 Å². The Labute approximate surface area is 176 Å². The van der Waals surface area contributed by atoms with E-state index in [-0.39, 0.29) is 5.43 Å². The maximum Gasteiger partial charge on any atom is 0.229 e. The van der Waals surface area contributed by atoms with Gasteiger partial charge in [0.25, 0.3) is 0 Å². The van der Waals surface area contributed by atoms with E-state index in [1.165, 1.54) is 13.4 Å². The van der Waals surface area contributed by atoms with Gasteiger partial charge in [-0.1, -0.05) is 12.1 Å². The van der Waals surface area contributed by atoms with Gasteiger partial charge in [-0.15, -0.1) is 0 Å². The van der Waals surface area contributed by atoms with Crippen molar-refractivity contribution in [2.24, 2.45) is 0 Å². The highest BCUT2D eigenvalue weighted by molar-refractivity contribution is 5.82. The van der Waals surface area contributed by atoms with Crippen molar-refractivity contribution in [3.05, 3.63) is 59.0 Å². The molecule has 1 saturated heterocycles. The van der Waals surface area contributed by atoms with Gasteiger partial charge in [-0.2, -0.15) is 0 Å². The molecule has 1 aromatic heterocycles. The number of ether oxygens (including phenoxy) is 3. The summed E-state index contributed by atoms with van der Waals surface area (Å²) in [6.45, 7) is -0.548. The van der Waals surface area contributed by atoms with Crippen molar-refractivity contribution in [2.45, 2.75) is 30.7 Å². The van der Waals surface area contributed by atoms with Crippen molar-refractivity contribution in [2.75, 3.05) is 13.7 Å². The van der Waals surface area contributed by atoms with E-state index >= 15 is 0 Å². The number of aliphatic hydroxyl groups excluding tert-OH is 4. The Hall–Kier alpha value is -2.95. The smallest absolute Gasteiger partial charge is 0.229 e. The van der Waals surface area contributed by atoms with Crippen molar-refractivity contribution in [3.8, 4) is 22.6 Å². The van der Waals surface area contributed by atoms with Crippen LogP contribution in [0.3, 0.4) is 0 Å². The minimum absolute atomic E-state index is 0.202. The summed E-state index contributed by atoms with van der Waals surface area (Å²) in [5, 5.41) is 39.5. The van der Waals surface area contributed by atoms with Gasteiger partial charge in [0.05, 0.1) is 24.7 Å². The highest BCUT2D eigenvalue weighted by Gasteiger charge is 2.44. The minimum atomic E-state index is -1.53. The predicted octanol–water partition coefficient (Wildman–Crippen LogP) is 0.647. The molecule has 31 heavy (non-hydrogen) atoms. The topological polar surface area (TPSA) is 139 Å². The molecule has 1 fully saturated rings. The van der Waals surface area contributed by atoms with Crippen LogP contribution in [-0.4, -0.2) is 64.8 Å². The van der Waals surface area contributed by atoms with Gasteiger partial charge in [-0.05, 0) is 29.8 Å². The molecular formula is C22H22O9. The Morgan fingerprint density at radius 1 is 0.968 bits per heavy atom. The molecule has 2 heterocycles. The number of aliphatic hydroxyl groups is 4. The SMILES string of the molecule is COc1ccc2c(=O)c(-c3ccc(OC4OC(CO)C(O)C(O)C4O)cc3)coc2c1. The molecule has 0 radical (unpaired) electrons. The fourth-order valence-corrected chi connectivity index (χ4v) is 3.45. The Balaban J connectivity index is 1.56. The van der Waals surface area contributed by atoms with Gasteiger partial charge in [0, 0.05) is 6.07 Å². The summed E-state index contributed by atoms with van der Waals surface area (Å²) < 4.78 is 21.6. The Morgan fingerprint density at radius 3 is 2.35 bits per heavy atom. The van der Waals surface area contributed by atoms with Crippen LogP contribution in [0.1, 0.15) is 0 Å². The van der Waals surface area contributed by atoms with E-state index < -0.39 is 37.3 Å². The van der Waals surface area contributed by atoms with E-state index in [0.717, 1.165) is 0 Å². The molecule has 5 unspecified atom stereocenters. The van der Waals surface area contributed by atoms with Gasteiger partial charge in [0.15, 0.2) is 5.43 Å². The molecule has 1 aliphatic rings. The highest BCUT2D eigenvalue weighted by atomic mass is 16.7. The quantitative estimate of drug-likeness (QED) is 0.459. The van der Waals surface area contributed by atoms with Crippen molar-refractivity contribution in [1.29, 1.82) is 0 Å². The average molecular weight is 430 g/mol. The first-order valence-electron chi connectivity index (χ1n) is 9.60. The first-order chi connectivity index (χ1) is 14.9. The fraction of sp³-hybridized carbons (Fsp3) is 0.318. The maximum atomic E-state index is 12.8. The number of benzene rings is 2. The first-order valence-corrected chi connectivity index (χ1v) is 9.60. The Bertz CT molecular complexity index is 1110. The van der Waals surface area contributed by atoms with Crippen molar-refractivity contribution < 1.29 is 39.1 Å². The second-order valence-corrected chi connectivity index (χ2v) is 7.18. The lowest BCUT2D eigenvalue weighted by Crippen LogP contribution is -2.60. The largest absolute Gasteiger partial charge is 0.497 e. The van der Waals surface area contributed by atoms with Crippen molar-refractivity contribution in [1.82, 2.24) is 0 Å². The van der Waals surface area contributed by atoms with Crippen molar-refractivity contribution in [3.63, 3.8) is 0 Å². The van der Waals surface area contributed by atoms with Crippen LogP contribution in [0.2, 0.25) is 0 Å². The van der Waals surface area contributed by atoms with Gasteiger partial charge in [-0.25, -0.2) is 0 Å². The van der Waals surface area contributed by atoms with Crippen LogP contribution in [0.15, 0.2) is 57.9 Å². The summed E-state index contributed by atoms with van der Waals surface area (Å²) in [4.78, 5) is 12.8. The molecule has 164 valence electrons. The third kappa shape index (κ3) is 4.01. The van der Waals surface area contributed by atoms with Gasteiger partial charge in [0.2, 0.25) is 6.29 Å². The van der Waals surface area contributed by atoms with Crippen LogP contribution in [0, 0.1) is 0 Å². The van der Waals surface area contributed by atoms with Crippen LogP contribution in [0.25, 0.3) is 22.1 Å². The normalized spacial score (nSPS) is 26.0. The fourth-order valence-electron chi connectivity index (χ4n) is 3.45. The second kappa shape index (κ2) is 8.66. The molecule has 0 spiro atoms. The third-order valence-corrected chi connectivity index (χ3v) is 5.25. The second-order valence-electron chi connectivity index (χ2n) is 7.18. The molecule has 0 aliphatic carbocycles. The summed E-state index contributed by atoms with van der Waals surface area (Å²) in [6, 6.07) is 11.4. The number of hydrogen-bond donors (Lipinski definition) is 4. The van der Waals surface area contributed by atoms with Crippen LogP contribution >= 0.6 is 0 Å². The molecule has 4 rings (SSSR count). The molecule has 9 nitrogen and oxygen atoms in total. The monoisotopic (exact) mass is 430 g/mol. The maximum absolute atomic E-state index is 12.8. The van der Waals surface area contributed by atoms with E-state index in [4.69, 9.17) is 18.6 Å². The molecule has 0 saturated carbocycles. The van der Waals surface area contributed by atoms with Crippen LogP contribution in [0.5, 0.6) is 11.5 Å². The number of fused-ring (bicyclic) bond motifs is 1. The number of hydrogen-bond acceptors (Lipinski definition) is 9. The van der Waals surface area contributed by atoms with Gasteiger partial charge in [-0.3, -0.25) is 4.79 Å². The van der Waals surface area contributed by atoms with Gasteiger partial charge in [0.1, 0.15) is 47.8 Å². The number of rotatable bonds is 5. The van der Waals surface area contributed by atoms with Crippen LogP contribution in [0.4, 0.5) is 0 Å². The van der Waals surface area contributed by atoms with Crippen LogP contribution in [-0.2, 0) is 4.74 Å². The molecule has 1 aliphatic heterocycles. The summed E-state index contributed by atoms with van der Waals surface area (Å²) in [5.74, 6) is 0.876. The van der Waals surface area contributed by atoms with Gasteiger partial charge < -0.3 is 39.1 Å². The molecule has 0 amide bonds. The summed E-state index contributed by atoms with van der Waals surface area (Å²) in [6.07, 6.45) is -5.49. The Kier molecular flexibility index (Phi) is 5.94. The van der Waals surface area contributed by atoms with E-state index in [1.807, 2.05) is 0 Å². The summed E-state index contributed by atoms with van der Waals surface area (Å²) in [5.41, 5.74) is 1.16. The Morgan fingerprint density at radius 2 is 1.68 bits per heavy atom. The predicted molar refractivity (Wildman–Crippen MR) is 109 cm³/mol. The standard InChI is InChI=1S/C22H22O9/c1-28-13-6-7-14-16(8-13)29-10-15(18(14)24)11-2-4-12(5-3-11)30-22-21(27)20(26)19(25)17(9-23)31-22/h2-8,10,17,19-23,25-27H,9H2,1H3. The zero-order valence-electron chi connectivity index (χ0n) is 16.5. The zero-order valence-corrected chi connectivity index (χ0v) is 16.5. The van der Waals surface area contributed by atoms with Gasteiger partial charge >= 0.3 is 0 Å². The summed E-state index contributed by atoms with van der Waals surface area (Å²) >= 11 is 0. The van der Waals surface area contributed by atoms with E-state index in [2.05, 4.69) is 0 Å². The molecule has 4 N–H and O–H groups in total. The van der Waals surface area contributed by atoms with E-state index in [1.54, 1.807) is 42.5 Å². The molecule has 9 heteroatoms.